The minimum atomic E-state index is -3.93. The molecule has 2 saturated heterocycles. The summed E-state index contributed by atoms with van der Waals surface area (Å²) in [5.74, 6) is 0.172. The molecule has 4 rings (SSSR count). The van der Waals surface area contributed by atoms with Crippen LogP contribution < -0.4 is 5.73 Å². The summed E-state index contributed by atoms with van der Waals surface area (Å²) >= 11 is 6.02. The van der Waals surface area contributed by atoms with Crippen molar-refractivity contribution in [2.45, 2.75) is 37.1 Å². The van der Waals surface area contributed by atoms with Crippen LogP contribution in [0.15, 0.2) is 37.2 Å². The minimum absolute atomic E-state index is 0.144. The van der Waals surface area contributed by atoms with Gasteiger partial charge in [0.1, 0.15) is 24.6 Å². The number of nitrogens with zero attached hydrogens (tertiary/aromatic N) is 3. The number of aliphatic hydroxyl groups excluding tert-OH is 2. The SMILES string of the molecule is C=C(N)c1ncn([C@@H]2O[C@H](COP3(=O)OCC[C@@H](c4cccc(Cl)c4)O3)[C@@H](O)[C@H]2O)n1. The predicted molar refractivity (Wildman–Crippen MR) is 109 cm³/mol. The van der Waals surface area contributed by atoms with Crippen LogP contribution in [-0.4, -0.2) is 56.5 Å². The van der Waals surface area contributed by atoms with Gasteiger partial charge in [-0.1, -0.05) is 30.3 Å². The lowest BCUT2D eigenvalue weighted by Gasteiger charge is -2.29. The molecule has 0 amide bonds. The smallest absolute Gasteiger partial charge is 0.396 e. The maximum Gasteiger partial charge on any atom is 0.475 e. The summed E-state index contributed by atoms with van der Waals surface area (Å²) in [7, 11) is -3.93. The molecule has 6 atom stereocenters. The summed E-state index contributed by atoms with van der Waals surface area (Å²) in [4.78, 5) is 3.95. The molecule has 0 radical (unpaired) electrons. The molecule has 0 bridgehead atoms. The van der Waals surface area contributed by atoms with Gasteiger partial charge in [0.2, 0.25) is 0 Å². The van der Waals surface area contributed by atoms with Crippen LogP contribution in [0.3, 0.4) is 0 Å². The van der Waals surface area contributed by atoms with Gasteiger partial charge in [-0.15, -0.1) is 5.10 Å². The van der Waals surface area contributed by atoms with E-state index in [-0.39, 0.29) is 24.7 Å². The summed E-state index contributed by atoms with van der Waals surface area (Å²) in [5, 5.41) is 25.2. The average molecular weight is 473 g/mol. The minimum Gasteiger partial charge on any atom is -0.396 e. The topological polar surface area (TPSA) is 151 Å². The predicted octanol–water partition coefficient (Wildman–Crippen LogP) is 1.78. The number of ether oxygens (including phenoxy) is 1. The molecule has 1 unspecified atom stereocenters. The number of aliphatic hydroxyl groups is 2. The van der Waals surface area contributed by atoms with E-state index in [1.165, 1.54) is 11.0 Å². The Balaban J connectivity index is 1.39. The van der Waals surface area contributed by atoms with Crippen molar-refractivity contribution in [3.05, 3.63) is 53.6 Å². The zero-order chi connectivity index (χ0) is 22.2. The van der Waals surface area contributed by atoms with Crippen molar-refractivity contribution in [1.82, 2.24) is 14.8 Å². The molecular weight excluding hydrogens is 451 g/mol. The van der Waals surface area contributed by atoms with E-state index in [1.807, 2.05) is 0 Å². The summed E-state index contributed by atoms with van der Waals surface area (Å²) in [6.45, 7) is 3.34. The van der Waals surface area contributed by atoms with Crippen LogP contribution in [0.5, 0.6) is 0 Å². The van der Waals surface area contributed by atoms with E-state index in [0.29, 0.717) is 11.4 Å². The maximum absolute atomic E-state index is 12.9. The monoisotopic (exact) mass is 472 g/mol. The van der Waals surface area contributed by atoms with Gasteiger partial charge in [0.25, 0.3) is 0 Å². The number of phosphoric acid groups is 1. The largest absolute Gasteiger partial charge is 0.475 e. The number of rotatable bonds is 6. The van der Waals surface area contributed by atoms with Gasteiger partial charge in [0.15, 0.2) is 12.1 Å². The van der Waals surface area contributed by atoms with Gasteiger partial charge >= 0.3 is 7.82 Å². The van der Waals surface area contributed by atoms with E-state index in [9.17, 15) is 14.8 Å². The molecular formula is C18H22ClN4O7P. The fourth-order valence-corrected chi connectivity index (χ4v) is 4.90. The number of nitrogens with two attached hydrogens (primary N) is 1. The van der Waals surface area contributed by atoms with Gasteiger partial charge in [0, 0.05) is 11.4 Å². The van der Waals surface area contributed by atoms with Crippen LogP contribution in [-0.2, 0) is 22.9 Å². The second kappa shape index (κ2) is 8.97. The third-order valence-electron chi connectivity index (χ3n) is 4.90. The number of halogens is 1. The third kappa shape index (κ3) is 4.84. The molecule has 3 heterocycles. The first-order valence-corrected chi connectivity index (χ1v) is 11.3. The van der Waals surface area contributed by atoms with E-state index in [4.69, 9.17) is 35.6 Å². The van der Waals surface area contributed by atoms with E-state index in [2.05, 4.69) is 16.7 Å². The van der Waals surface area contributed by atoms with Gasteiger partial charge < -0.3 is 20.7 Å². The number of hydrogen-bond donors (Lipinski definition) is 3. The molecule has 13 heteroatoms. The Hall–Kier alpha value is -1.82. The lowest BCUT2D eigenvalue weighted by molar-refractivity contribution is -0.0641. The Morgan fingerprint density at radius 2 is 2.23 bits per heavy atom. The Morgan fingerprint density at radius 3 is 2.94 bits per heavy atom. The zero-order valence-corrected chi connectivity index (χ0v) is 17.9. The first kappa shape index (κ1) is 22.4. The average Bonchev–Trinajstić information content (AvgIpc) is 3.33. The summed E-state index contributed by atoms with van der Waals surface area (Å²) in [6, 6.07) is 7.01. The number of hydrogen-bond acceptors (Lipinski definition) is 10. The van der Waals surface area contributed by atoms with Crippen LogP contribution in [0.1, 0.15) is 30.1 Å². The van der Waals surface area contributed by atoms with Crippen molar-refractivity contribution in [3.63, 3.8) is 0 Å². The summed E-state index contributed by atoms with van der Waals surface area (Å²) in [6.07, 6.45) is -3.48. The molecule has 31 heavy (non-hydrogen) atoms. The highest BCUT2D eigenvalue weighted by atomic mass is 35.5. The Labute approximate surface area is 182 Å². The van der Waals surface area contributed by atoms with Gasteiger partial charge in [-0.25, -0.2) is 14.2 Å². The fraction of sp³-hybridized carbons (Fsp3) is 0.444. The molecule has 168 valence electrons. The van der Waals surface area contributed by atoms with E-state index in [0.717, 1.165) is 5.56 Å². The lowest BCUT2D eigenvalue weighted by atomic mass is 10.1. The Morgan fingerprint density at radius 1 is 1.42 bits per heavy atom. The highest BCUT2D eigenvalue weighted by Gasteiger charge is 2.46. The van der Waals surface area contributed by atoms with Gasteiger partial charge in [-0.3, -0.25) is 13.6 Å². The summed E-state index contributed by atoms with van der Waals surface area (Å²) in [5.41, 5.74) is 6.44. The number of benzene rings is 1. The van der Waals surface area contributed by atoms with Crippen LogP contribution in [0.2, 0.25) is 5.02 Å². The molecule has 0 spiro atoms. The standard InChI is InChI=1S/C18H22ClN4O7P/c1-10(20)17-21-9-23(22-17)18-16(25)15(24)14(29-18)8-28-31(26)27-6-5-13(30-31)11-3-2-4-12(19)7-11/h2-4,7,9,13-16,18,24-25H,1,5-6,8,20H2/t13-,14+,15+,16+,18+,31?/m0/s1. The van der Waals surface area contributed by atoms with E-state index in [1.54, 1.807) is 24.3 Å². The van der Waals surface area contributed by atoms with Crippen molar-refractivity contribution in [2.75, 3.05) is 13.2 Å². The van der Waals surface area contributed by atoms with Crippen LogP contribution >= 0.6 is 19.4 Å². The molecule has 11 nitrogen and oxygen atoms in total. The van der Waals surface area contributed by atoms with Crippen molar-refractivity contribution in [3.8, 4) is 0 Å². The second-order valence-electron chi connectivity index (χ2n) is 7.13. The quantitative estimate of drug-likeness (QED) is 0.530. The van der Waals surface area contributed by atoms with E-state index >= 15 is 0 Å². The van der Waals surface area contributed by atoms with Crippen molar-refractivity contribution in [2.24, 2.45) is 5.73 Å². The highest BCUT2D eigenvalue weighted by Crippen LogP contribution is 2.57. The lowest BCUT2D eigenvalue weighted by Crippen LogP contribution is -2.34. The molecule has 2 aromatic rings. The van der Waals surface area contributed by atoms with Crippen LogP contribution in [0.4, 0.5) is 0 Å². The Kier molecular flexibility index (Phi) is 6.47. The van der Waals surface area contributed by atoms with Gasteiger partial charge in [0.05, 0.1) is 25.0 Å². The molecule has 4 N–H and O–H groups in total. The molecule has 0 saturated carbocycles. The molecule has 1 aromatic heterocycles. The molecule has 2 fully saturated rings. The normalized spacial score (nSPS) is 33.5. The highest BCUT2D eigenvalue weighted by molar-refractivity contribution is 7.48. The zero-order valence-electron chi connectivity index (χ0n) is 16.3. The fourth-order valence-electron chi connectivity index (χ4n) is 3.31. The van der Waals surface area contributed by atoms with Crippen LogP contribution in [0, 0.1) is 0 Å². The van der Waals surface area contributed by atoms with Gasteiger partial charge in [-0.05, 0) is 17.7 Å². The molecule has 2 aliphatic heterocycles. The molecule has 1 aromatic carbocycles. The van der Waals surface area contributed by atoms with Crippen molar-refractivity contribution < 1.29 is 33.1 Å². The maximum atomic E-state index is 12.9. The summed E-state index contributed by atoms with van der Waals surface area (Å²) < 4.78 is 36.0. The van der Waals surface area contributed by atoms with Crippen molar-refractivity contribution in [1.29, 1.82) is 0 Å². The first-order chi connectivity index (χ1) is 14.8. The van der Waals surface area contributed by atoms with Crippen molar-refractivity contribution >= 4 is 25.1 Å². The van der Waals surface area contributed by atoms with E-state index < -0.39 is 38.5 Å². The van der Waals surface area contributed by atoms with Crippen LogP contribution in [0.25, 0.3) is 5.70 Å². The first-order valence-electron chi connectivity index (χ1n) is 9.46. The number of phosphoric ester groups is 1. The second-order valence-corrected chi connectivity index (χ2v) is 9.19. The number of aromatic nitrogens is 3. The Bertz CT molecular complexity index is 1000. The molecule has 2 aliphatic rings. The van der Waals surface area contributed by atoms with Gasteiger partial charge in [-0.2, -0.15) is 0 Å². The molecule has 0 aliphatic carbocycles. The third-order valence-corrected chi connectivity index (χ3v) is 6.61.